The summed E-state index contributed by atoms with van der Waals surface area (Å²) in [6.07, 6.45) is 0.401. The van der Waals surface area contributed by atoms with Crippen LogP contribution in [0.15, 0.2) is 18.2 Å². The molecule has 0 saturated heterocycles. The van der Waals surface area contributed by atoms with E-state index in [1.165, 1.54) is 6.92 Å². The normalized spacial score (nSPS) is 11.8. The second-order valence-electron chi connectivity index (χ2n) is 5.52. The van der Waals surface area contributed by atoms with Gasteiger partial charge in [0, 0.05) is 12.1 Å². The zero-order chi connectivity index (χ0) is 17.7. The minimum atomic E-state index is -0.819. The third-order valence-corrected chi connectivity index (χ3v) is 3.09. The van der Waals surface area contributed by atoms with Crippen molar-refractivity contribution >= 4 is 23.1 Å². The zero-order valence-corrected chi connectivity index (χ0v) is 12.9. The number of carbonyl (C=O) groups excluding carboxylic acids is 2. The van der Waals surface area contributed by atoms with Crippen LogP contribution in [0.2, 0.25) is 0 Å². The van der Waals surface area contributed by atoms with Gasteiger partial charge in [-0.25, -0.2) is 0 Å². The van der Waals surface area contributed by atoms with Crippen LogP contribution in [0.1, 0.15) is 37.6 Å². The number of amides is 1. The molecule has 0 aliphatic heterocycles. The minimum absolute atomic E-state index is 0.142. The molecular formula is C14H17N3O6. The van der Waals surface area contributed by atoms with Crippen LogP contribution in [0, 0.1) is 26.1 Å². The van der Waals surface area contributed by atoms with E-state index in [1.54, 1.807) is 0 Å². The van der Waals surface area contributed by atoms with Crippen LogP contribution in [0.25, 0.3) is 0 Å². The largest absolute Gasteiger partial charge is 0.342 e. The number of hydrogen-bond donors (Lipinski definition) is 1. The fourth-order valence-electron chi connectivity index (χ4n) is 1.98. The van der Waals surface area contributed by atoms with Crippen LogP contribution in [-0.2, 0) is 4.79 Å². The number of nitro groups is 2. The summed E-state index contributed by atoms with van der Waals surface area (Å²) < 4.78 is 0. The lowest BCUT2D eigenvalue weighted by Crippen LogP contribution is -2.40. The van der Waals surface area contributed by atoms with Crippen molar-refractivity contribution in [3.63, 3.8) is 0 Å². The quantitative estimate of drug-likeness (QED) is 0.604. The van der Waals surface area contributed by atoms with E-state index in [1.807, 2.05) is 13.8 Å². The molecule has 1 amide bonds. The molecule has 0 bridgehead atoms. The summed E-state index contributed by atoms with van der Waals surface area (Å²) in [6, 6.07) is 1.90. The molecule has 0 saturated carbocycles. The van der Waals surface area contributed by atoms with E-state index < -0.39 is 33.2 Å². The predicted molar refractivity (Wildman–Crippen MR) is 81.1 cm³/mol. The van der Waals surface area contributed by atoms with Gasteiger partial charge in [-0.1, -0.05) is 13.8 Å². The molecule has 1 aromatic rings. The highest BCUT2D eigenvalue weighted by Gasteiger charge is 2.23. The monoisotopic (exact) mass is 323 g/mol. The minimum Gasteiger partial charge on any atom is -0.342 e. The number of rotatable bonds is 7. The third kappa shape index (κ3) is 5.13. The van der Waals surface area contributed by atoms with Gasteiger partial charge in [-0.05, 0) is 19.3 Å². The topological polar surface area (TPSA) is 132 Å². The van der Waals surface area contributed by atoms with Gasteiger partial charge in [0.05, 0.1) is 27.5 Å². The summed E-state index contributed by atoms with van der Waals surface area (Å²) in [5.74, 6) is -0.881. The number of hydrogen-bond acceptors (Lipinski definition) is 6. The first-order valence-corrected chi connectivity index (χ1v) is 6.87. The van der Waals surface area contributed by atoms with Gasteiger partial charge in [-0.2, -0.15) is 0 Å². The Bertz CT molecular complexity index is 624. The number of ketones is 1. The van der Waals surface area contributed by atoms with Crippen molar-refractivity contribution in [3.05, 3.63) is 44.0 Å². The van der Waals surface area contributed by atoms with E-state index in [0.29, 0.717) is 6.42 Å². The molecule has 124 valence electrons. The van der Waals surface area contributed by atoms with Crippen molar-refractivity contribution in [3.8, 4) is 0 Å². The fraction of sp³-hybridized carbons (Fsp3) is 0.429. The van der Waals surface area contributed by atoms with Crippen molar-refractivity contribution < 1.29 is 19.4 Å². The first-order valence-electron chi connectivity index (χ1n) is 6.87. The van der Waals surface area contributed by atoms with E-state index in [4.69, 9.17) is 0 Å². The molecule has 0 spiro atoms. The number of Topliss-reactive ketones (excluding diaryl/α,β-unsaturated/α-hetero) is 1. The highest BCUT2D eigenvalue weighted by atomic mass is 16.6. The van der Waals surface area contributed by atoms with Crippen molar-refractivity contribution in [1.82, 2.24) is 5.32 Å². The first-order chi connectivity index (χ1) is 10.6. The molecule has 9 heteroatoms. The Kier molecular flexibility index (Phi) is 5.88. The van der Waals surface area contributed by atoms with Crippen molar-refractivity contribution in [2.45, 2.75) is 33.2 Å². The van der Waals surface area contributed by atoms with Gasteiger partial charge in [-0.3, -0.25) is 29.8 Å². The highest BCUT2D eigenvalue weighted by molar-refractivity contribution is 5.98. The Morgan fingerprint density at radius 2 is 1.57 bits per heavy atom. The van der Waals surface area contributed by atoms with Gasteiger partial charge in [0.2, 0.25) is 0 Å². The smallest absolute Gasteiger partial charge is 0.277 e. The average molecular weight is 323 g/mol. The number of non-ortho nitro benzene ring substituents is 2. The van der Waals surface area contributed by atoms with Crippen LogP contribution in [0.4, 0.5) is 11.4 Å². The van der Waals surface area contributed by atoms with Crippen LogP contribution < -0.4 is 5.32 Å². The lowest BCUT2D eigenvalue weighted by molar-refractivity contribution is -0.394. The van der Waals surface area contributed by atoms with Crippen LogP contribution in [-0.4, -0.2) is 27.6 Å². The average Bonchev–Trinajstić information content (AvgIpc) is 2.45. The van der Waals surface area contributed by atoms with E-state index in [9.17, 15) is 29.8 Å². The van der Waals surface area contributed by atoms with Crippen LogP contribution >= 0.6 is 0 Å². The Hall–Kier alpha value is -2.84. The molecule has 0 unspecified atom stereocenters. The molecule has 23 heavy (non-hydrogen) atoms. The molecule has 1 atom stereocenters. The maximum Gasteiger partial charge on any atom is 0.277 e. The number of nitro benzene ring substituents is 2. The molecule has 9 nitrogen and oxygen atoms in total. The summed E-state index contributed by atoms with van der Waals surface area (Å²) in [7, 11) is 0. The standard InChI is InChI=1S/C14H17N3O6/c1-8(2)4-13(9(3)18)15-14(19)10-5-11(16(20)21)7-12(6-10)17(22)23/h5-8,13H,4H2,1-3H3,(H,15,19)/t13-/m0/s1. The molecule has 0 aliphatic carbocycles. The van der Waals surface area contributed by atoms with E-state index >= 15 is 0 Å². The zero-order valence-electron chi connectivity index (χ0n) is 12.9. The Labute approximate surface area is 132 Å². The summed E-state index contributed by atoms with van der Waals surface area (Å²) >= 11 is 0. The number of nitrogens with zero attached hydrogens (tertiary/aromatic N) is 2. The fourth-order valence-corrected chi connectivity index (χ4v) is 1.98. The molecule has 0 radical (unpaired) electrons. The summed E-state index contributed by atoms with van der Waals surface area (Å²) in [5.41, 5.74) is -1.36. The van der Waals surface area contributed by atoms with Gasteiger partial charge < -0.3 is 5.32 Å². The summed E-state index contributed by atoms with van der Waals surface area (Å²) in [6.45, 7) is 5.07. The van der Waals surface area contributed by atoms with Gasteiger partial charge in [0.15, 0.2) is 5.78 Å². The highest BCUT2D eigenvalue weighted by Crippen LogP contribution is 2.23. The van der Waals surface area contributed by atoms with Crippen molar-refractivity contribution in [1.29, 1.82) is 0 Å². The van der Waals surface area contributed by atoms with Gasteiger partial charge in [-0.15, -0.1) is 0 Å². The van der Waals surface area contributed by atoms with E-state index in [-0.39, 0.29) is 17.3 Å². The maximum absolute atomic E-state index is 12.2. The maximum atomic E-state index is 12.2. The molecule has 1 rings (SSSR count). The Balaban J connectivity index is 3.13. The van der Waals surface area contributed by atoms with Crippen LogP contribution in [0.3, 0.4) is 0 Å². The molecular weight excluding hydrogens is 306 g/mol. The molecule has 0 heterocycles. The Morgan fingerprint density at radius 1 is 1.09 bits per heavy atom. The van der Waals surface area contributed by atoms with Crippen molar-refractivity contribution in [2.75, 3.05) is 0 Å². The van der Waals surface area contributed by atoms with E-state index in [0.717, 1.165) is 18.2 Å². The number of benzene rings is 1. The van der Waals surface area contributed by atoms with Crippen LogP contribution in [0.5, 0.6) is 0 Å². The lowest BCUT2D eigenvalue weighted by atomic mass is 10.0. The summed E-state index contributed by atoms with van der Waals surface area (Å²) in [4.78, 5) is 43.8. The number of nitrogens with one attached hydrogen (secondary N) is 1. The molecule has 0 aromatic heterocycles. The summed E-state index contributed by atoms with van der Waals surface area (Å²) in [5, 5.41) is 24.1. The van der Waals surface area contributed by atoms with Crippen molar-refractivity contribution in [2.24, 2.45) is 5.92 Å². The van der Waals surface area contributed by atoms with Gasteiger partial charge >= 0.3 is 0 Å². The number of carbonyl (C=O) groups is 2. The second kappa shape index (κ2) is 7.43. The molecule has 1 N–H and O–H groups in total. The van der Waals surface area contributed by atoms with Gasteiger partial charge in [0.25, 0.3) is 17.3 Å². The van der Waals surface area contributed by atoms with Gasteiger partial charge in [0.1, 0.15) is 0 Å². The molecule has 1 aromatic carbocycles. The molecule has 0 fully saturated rings. The first kappa shape index (κ1) is 18.2. The Morgan fingerprint density at radius 3 is 1.91 bits per heavy atom. The predicted octanol–water partition coefficient (Wildman–Crippen LogP) is 2.24. The second-order valence-corrected chi connectivity index (χ2v) is 5.52. The lowest BCUT2D eigenvalue weighted by Gasteiger charge is -2.17. The molecule has 0 aliphatic rings. The van der Waals surface area contributed by atoms with E-state index in [2.05, 4.69) is 5.32 Å². The third-order valence-electron chi connectivity index (χ3n) is 3.09. The SMILES string of the molecule is CC(=O)[C@H](CC(C)C)NC(=O)c1cc([N+](=O)[O-])cc([N+](=O)[O-])c1.